The highest BCUT2D eigenvalue weighted by atomic mass is 16.5. The van der Waals surface area contributed by atoms with Crippen molar-refractivity contribution in [2.45, 2.75) is 26.2 Å². The Bertz CT molecular complexity index is 228. The second kappa shape index (κ2) is 4.04. The van der Waals surface area contributed by atoms with Crippen molar-refractivity contribution in [3.05, 3.63) is 11.8 Å². The Kier molecular flexibility index (Phi) is 3.02. The second-order valence-corrected chi connectivity index (χ2v) is 2.70. The molecule has 0 N–H and O–H groups in total. The van der Waals surface area contributed by atoms with Crippen molar-refractivity contribution in [3.63, 3.8) is 0 Å². The second-order valence-electron chi connectivity index (χ2n) is 2.70. The average Bonchev–Trinajstić information content (AvgIpc) is 2.08. The van der Waals surface area contributed by atoms with Crippen molar-refractivity contribution >= 4 is 11.6 Å². The van der Waals surface area contributed by atoms with Gasteiger partial charge in [-0.2, -0.15) is 0 Å². The highest BCUT2D eigenvalue weighted by Gasteiger charge is 2.23. The minimum absolute atomic E-state index is 0.285. The van der Waals surface area contributed by atoms with Crippen LogP contribution in [-0.4, -0.2) is 18.2 Å². The Morgan fingerprint density at radius 3 is 2.83 bits per heavy atom. The van der Waals surface area contributed by atoms with Gasteiger partial charge in [0, 0.05) is 12.0 Å². The smallest absolute Gasteiger partial charge is 0.227 e. The number of allylic oxidation sites excluding steroid dienone is 1. The van der Waals surface area contributed by atoms with Gasteiger partial charge in [0.2, 0.25) is 11.6 Å². The highest BCUT2D eigenvalue weighted by Crippen LogP contribution is 2.16. The van der Waals surface area contributed by atoms with Crippen LogP contribution in [0, 0.1) is 0 Å². The Hall–Kier alpha value is -1.12. The van der Waals surface area contributed by atoms with Gasteiger partial charge in [0.05, 0.1) is 12.9 Å². The summed E-state index contributed by atoms with van der Waals surface area (Å²) < 4.78 is 4.96. The molecule has 66 valence electrons. The van der Waals surface area contributed by atoms with E-state index in [0.717, 1.165) is 6.42 Å². The molecule has 0 bridgehead atoms. The van der Waals surface area contributed by atoms with E-state index in [9.17, 15) is 9.59 Å². The van der Waals surface area contributed by atoms with E-state index in [1.807, 2.05) is 6.92 Å². The molecule has 1 fully saturated rings. The molecule has 1 aliphatic carbocycles. The Morgan fingerprint density at radius 2 is 2.17 bits per heavy atom. The van der Waals surface area contributed by atoms with Crippen LogP contribution in [0.1, 0.15) is 26.2 Å². The van der Waals surface area contributed by atoms with Crippen molar-refractivity contribution in [1.29, 1.82) is 0 Å². The maximum Gasteiger partial charge on any atom is 0.227 e. The number of ether oxygens (including phenoxy) is 1. The van der Waals surface area contributed by atoms with Gasteiger partial charge in [-0.05, 0) is 19.8 Å². The van der Waals surface area contributed by atoms with E-state index in [4.69, 9.17) is 4.74 Å². The first-order valence-corrected chi connectivity index (χ1v) is 4.14. The van der Waals surface area contributed by atoms with Gasteiger partial charge in [-0.25, -0.2) is 0 Å². The van der Waals surface area contributed by atoms with Gasteiger partial charge in [-0.3, -0.25) is 9.59 Å². The van der Waals surface area contributed by atoms with Crippen LogP contribution in [0.25, 0.3) is 0 Å². The van der Waals surface area contributed by atoms with E-state index in [1.54, 1.807) is 0 Å². The van der Waals surface area contributed by atoms with Crippen LogP contribution in [0.4, 0.5) is 0 Å². The summed E-state index contributed by atoms with van der Waals surface area (Å²) in [5.41, 5.74) is 0.521. The number of ketones is 2. The van der Waals surface area contributed by atoms with E-state index < -0.39 is 0 Å². The van der Waals surface area contributed by atoms with Crippen LogP contribution in [-0.2, 0) is 14.3 Å². The molecule has 0 amide bonds. The molecular formula is C9H12O3. The Labute approximate surface area is 71.4 Å². The number of rotatable bonds is 2. The summed E-state index contributed by atoms with van der Waals surface area (Å²) in [6, 6.07) is 0. The summed E-state index contributed by atoms with van der Waals surface area (Å²) in [6.07, 6.45) is 3.25. The summed E-state index contributed by atoms with van der Waals surface area (Å²) in [5, 5.41) is 0. The molecular weight excluding hydrogens is 156 g/mol. The summed E-state index contributed by atoms with van der Waals surface area (Å²) in [7, 11) is 0. The van der Waals surface area contributed by atoms with Gasteiger partial charge in [0.25, 0.3) is 0 Å². The lowest BCUT2D eigenvalue weighted by Crippen LogP contribution is -2.21. The lowest BCUT2D eigenvalue weighted by atomic mass is 9.93. The average molecular weight is 168 g/mol. The Morgan fingerprint density at radius 1 is 1.42 bits per heavy atom. The molecule has 0 spiro atoms. The van der Waals surface area contributed by atoms with Crippen LogP contribution in [0.15, 0.2) is 11.8 Å². The summed E-state index contributed by atoms with van der Waals surface area (Å²) >= 11 is 0. The van der Waals surface area contributed by atoms with Gasteiger partial charge < -0.3 is 4.74 Å². The zero-order chi connectivity index (χ0) is 8.97. The van der Waals surface area contributed by atoms with Gasteiger partial charge in [-0.15, -0.1) is 0 Å². The molecule has 0 aliphatic heterocycles. The zero-order valence-electron chi connectivity index (χ0n) is 7.13. The molecule has 1 rings (SSSR count). The summed E-state index contributed by atoms with van der Waals surface area (Å²) in [6.45, 7) is 2.37. The van der Waals surface area contributed by atoms with Gasteiger partial charge in [0.15, 0.2) is 0 Å². The fourth-order valence-corrected chi connectivity index (χ4v) is 1.14. The topological polar surface area (TPSA) is 43.4 Å². The van der Waals surface area contributed by atoms with Crippen molar-refractivity contribution in [2.24, 2.45) is 0 Å². The molecule has 0 aromatic heterocycles. The predicted octanol–water partition coefficient (Wildman–Crippen LogP) is 1.23. The van der Waals surface area contributed by atoms with E-state index in [1.165, 1.54) is 6.26 Å². The highest BCUT2D eigenvalue weighted by molar-refractivity contribution is 6.44. The van der Waals surface area contributed by atoms with Crippen LogP contribution < -0.4 is 0 Å². The third-order valence-corrected chi connectivity index (χ3v) is 1.79. The third kappa shape index (κ3) is 1.94. The number of hydrogen-bond donors (Lipinski definition) is 0. The molecule has 1 saturated carbocycles. The normalized spacial score (nSPS) is 21.6. The van der Waals surface area contributed by atoms with Crippen LogP contribution in [0.5, 0.6) is 0 Å². The van der Waals surface area contributed by atoms with E-state index >= 15 is 0 Å². The molecule has 0 radical (unpaired) electrons. The fraction of sp³-hybridized carbons (Fsp3) is 0.556. The van der Waals surface area contributed by atoms with Crippen molar-refractivity contribution in [3.8, 4) is 0 Å². The Balaban J connectivity index is 2.63. The fourth-order valence-electron chi connectivity index (χ4n) is 1.14. The summed E-state index contributed by atoms with van der Waals surface area (Å²) in [4.78, 5) is 22.1. The molecule has 0 aromatic rings. The quantitative estimate of drug-likeness (QED) is 0.354. The lowest BCUT2D eigenvalue weighted by molar-refractivity contribution is -0.135. The lowest BCUT2D eigenvalue weighted by Gasteiger charge is -2.10. The SMILES string of the molecule is CCO/C=C1\CCCC(=O)C1=O. The number of carbonyl (C=O) groups excluding carboxylic acids is 2. The number of Topliss-reactive ketones (excluding diaryl/α,β-unsaturated/α-hetero) is 2. The first-order valence-electron chi connectivity index (χ1n) is 4.14. The number of carbonyl (C=O) groups is 2. The van der Waals surface area contributed by atoms with E-state index in [0.29, 0.717) is 25.0 Å². The molecule has 0 saturated heterocycles. The van der Waals surface area contributed by atoms with Crippen LogP contribution in [0.2, 0.25) is 0 Å². The first-order chi connectivity index (χ1) is 5.75. The minimum Gasteiger partial charge on any atom is -0.501 e. The van der Waals surface area contributed by atoms with Gasteiger partial charge in [0.1, 0.15) is 0 Å². The minimum atomic E-state index is -0.366. The standard InChI is InChI=1S/C9H12O3/c1-2-12-6-7-4-3-5-8(10)9(7)11/h6H,2-5H2,1H3/b7-6+. The molecule has 0 unspecified atom stereocenters. The molecule has 12 heavy (non-hydrogen) atoms. The van der Waals surface area contributed by atoms with Gasteiger partial charge in [-0.1, -0.05) is 0 Å². The zero-order valence-corrected chi connectivity index (χ0v) is 7.13. The molecule has 3 nitrogen and oxygen atoms in total. The number of hydrogen-bond acceptors (Lipinski definition) is 3. The van der Waals surface area contributed by atoms with E-state index in [2.05, 4.69) is 0 Å². The molecule has 1 aliphatic rings. The monoisotopic (exact) mass is 168 g/mol. The largest absolute Gasteiger partial charge is 0.501 e. The van der Waals surface area contributed by atoms with E-state index in [-0.39, 0.29) is 11.6 Å². The molecule has 0 heterocycles. The predicted molar refractivity (Wildman–Crippen MR) is 43.6 cm³/mol. The van der Waals surface area contributed by atoms with Gasteiger partial charge >= 0.3 is 0 Å². The van der Waals surface area contributed by atoms with Crippen molar-refractivity contribution in [2.75, 3.05) is 6.61 Å². The molecule has 0 atom stereocenters. The maximum atomic E-state index is 11.1. The summed E-state index contributed by atoms with van der Waals surface area (Å²) in [5.74, 6) is -0.651. The molecule has 0 aromatic carbocycles. The third-order valence-electron chi connectivity index (χ3n) is 1.79. The van der Waals surface area contributed by atoms with Crippen molar-refractivity contribution in [1.82, 2.24) is 0 Å². The van der Waals surface area contributed by atoms with Crippen LogP contribution in [0.3, 0.4) is 0 Å². The van der Waals surface area contributed by atoms with Crippen LogP contribution >= 0.6 is 0 Å². The maximum absolute atomic E-state index is 11.1. The molecule has 3 heteroatoms. The van der Waals surface area contributed by atoms with Crippen molar-refractivity contribution < 1.29 is 14.3 Å². The first kappa shape index (κ1) is 8.97.